The van der Waals surface area contributed by atoms with Gasteiger partial charge in [-0.3, -0.25) is 4.57 Å². The Balaban J connectivity index is 2.21. The van der Waals surface area contributed by atoms with Crippen molar-refractivity contribution in [1.82, 2.24) is 14.8 Å². The van der Waals surface area contributed by atoms with E-state index in [-0.39, 0.29) is 5.41 Å². The molecule has 0 aliphatic heterocycles. The van der Waals surface area contributed by atoms with Crippen LogP contribution in [0.5, 0.6) is 5.75 Å². The smallest absolute Gasteiger partial charge is 0.231 e. The highest BCUT2D eigenvalue weighted by Crippen LogP contribution is 2.31. The van der Waals surface area contributed by atoms with Crippen molar-refractivity contribution in [3.05, 3.63) is 54.1 Å². The van der Waals surface area contributed by atoms with Crippen molar-refractivity contribution in [2.75, 3.05) is 26.1 Å². The maximum Gasteiger partial charge on any atom is 0.231 e. The Morgan fingerprint density at radius 3 is 2.35 bits per heavy atom. The van der Waals surface area contributed by atoms with E-state index in [1.54, 1.807) is 7.11 Å². The predicted octanol–water partition coefficient (Wildman–Crippen LogP) is 4.31. The van der Waals surface area contributed by atoms with E-state index < -0.39 is 0 Å². The summed E-state index contributed by atoms with van der Waals surface area (Å²) >= 11 is 0. The molecular weight excluding hydrogens is 324 g/mol. The highest BCUT2D eigenvalue weighted by molar-refractivity contribution is 5.64. The molecule has 0 bridgehead atoms. The maximum absolute atomic E-state index is 5.37. The highest BCUT2D eigenvalue weighted by atomic mass is 16.5. The third-order valence-corrected chi connectivity index (χ3v) is 4.34. The lowest BCUT2D eigenvalue weighted by Gasteiger charge is -2.21. The third kappa shape index (κ3) is 3.43. The number of hydrogen-bond acceptors (Lipinski definition) is 4. The zero-order valence-electron chi connectivity index (χ0n) is 16.3. The summed E-state index contributed by atoms with van der Waals surface area (Å²) in [5.74, 6) is 2.37. The van der Waals surface area contributed by atoms with Crippen LogP contribution in [0.1, 0.15) is 26.3 Å². The van der Waals surface area contributed by atoms with Crippen LogP contribution in [0.15, 0.2) is 48.5 Å². The van der Waals surface area contributed by atoms with Gasteiger partial charge in [0.05, 0.1) is 12.8 Å². The quantitative estimate of drug-likeness (QED) is 0.703. The first-order valence-corrected chi connectivity index (χ1v) is 8.69. The summed E-state index contributed by atoms with van der Waals surface area (Å²) in [6.07, 6.45) is 0. The van der Waals surface area contributed by atoms with Crippen LogP contribution in [-0.4, -0.2) is 36.0 Å². The minimum atomic E-state index is 0.0679. The topological polar surface area (TPSA) is 43.2 Å². The summed E-state index contributed by atoms with van der Waals surface area (Å²) in [7, 11) is 5.62. The van der Waals surface area contributed by atoms with Crippen LogP contribution in [-0.2, 0) is 5.41 Å². The largest absolute Gasteiger partial charge is 0.497 e. The molecule has 26 heavy (non-hydrogen) atoms. The maximum atomic E-state index is 5.37. The van der Waals surface area contributed by atoms with E-state index in [9.17, 15) is 0 Å². The van der Waals surface area contributed by atoms with Gasteiger partial charge in [0, 0.05) is 19.7 Å². The Bertz CT molecular complexity index is 906. The number of anilines is 1. The molecule has 136 valence electrons. The predicted molar refractivity (Wildman–Crippen MR) is 106 cm³/mol. The normalized spacial score (nSPS) is 11.5. The molecule has 0 spiro atoms. The van der Waals surface area contributed by atoms with E-state index in [1.165, 1.54) is 5.56 Å². The van der Waals surface area contributed by atoms with Crippen LogP contribution < -0.4 is 9.64 Å². The summed E-state index contributed by atoms with van der Waals surface area (Å²) in [6, 6.07) is 16.4. The lowest BCUT2D eigenvalue weighted by atomic mass is 9.87. The van der Waals surface area contributed by atoms with Crippen molar-refractivity contribution >= 4 is 5.95 Å². The van der Waals surface area contributed by atoms with Crippen LogP contribution >= 0.6 is 0 Å². The number of methoxy groups -OCH3 is 1. The zero-order valence-corrected chi connectivity index (χ0v) is 16.3. The summed E-state index contributed by atoms with van der Waals surface area (Å²) in [5.41, 5.74) is 3.35. The molecule has 0 aliphatic carbocycles. The van der Waals surface area contributed by atoms with E-state index in [0.717, 1.165) is 28.8 Å². The van der Waals surface area contributed by atoms with Crippen LogP contribution in [0, 0.1) is 0 Å². The number of benzene rings is 2. The van der Waals surface area contributed by atoms with Gasteiger partial charge in [0.15, 0.2) is 5.82 Å². The van der Waals surface area contributed by atoms with Gasteiger partial charge in [-0.05, 0) is 35.2 Å². The lowest BCUT2D eigenvalue weighted by Crippen LogP contribution is -2.16. The molecule has 0 unspecified atom stereocenters. The molecule has 0 radical (unpaired) electrons. The highest BCUT2D eigenvalue weighted by Gasteiger charge is 2.20. The van der Waals surface area contributed by atoms with E-state index in [0.29, 0.717) is 0 Å². The second-order valence-electron chi connectivity index (χ2n) is 7.59. The van der Waals surface area contributed by atoms with Crippen molar-refractivity contribution in [3.8, 4) is 22.8 Å². The molecule has 5 heteroatoms. The van der Waals surface area contributed by atoms with Crippen molar-refractivity contribution in [3.63, 3.8) is 0 Å². The number of hydrogen-bond donors (Lipinski definition) is 0. The Morgan fingerprint density at radius 1 is 0.962 bits per heavy atom. The monoisotopic (exact) mass is 350 g/mol. The molecule has 5 nitrogen and oxygen atoms in total. The first-order chi connectivity index (χ1) is 12.3. The van der Waals surface area contributed by atoms with Gasteiger partial charge in [-0.1, -0.05) is 45.0 Å². The Labute approximate surface area is 155 Å². The van der Waals surface area contributed by atoms with Crippen molar-refractivity contribution in [2.45, 2.75) is 26.2 Å². The SMILES string of the molecule is COc1cccc(-c2nnc(N(C)C)n2-c2cccc(C(C)(C)C)c2)c1. The van der Waals surface area contributed by atoms with Gasteiger partial charge in [-0.2, -0.15) is 0 Å². The molecule has 0 amide bonds. The molecule has 2 aromatic carbocycles. The summed E-state index contributed by atoms with van der Waals surface area (Å²) < 4.78 is 7.46. The Morgan fingerprint density at radius 2 is 1.69 bits per heavy atom. The van der Waals surface area contributed by atoms with Gasteiger partial charge in [0.25, 0.3) is 0 Å². The van der Waals surface area contributed by atoms with Crippen molar-refractivity contribution in [1.29, 1.82) is 0 Å². The molecule has 0 atom stereocenters. The van der Waals surface area contributed by atoms with Crippen LogP contribution in [0.3, 0.4) is 0 Å². The van der Waals surface area contributed by atoms with Gasteiger partial charge >= 0.3 is 0 Å². The number of ether oxygens (including phenoxy) is 1. The lowest BCUT2D eigenvalue weighted by molar-refractivity contribution is 0.415. The average molecular weight is 350 g/mol. The third-order valence-electron chi connectivity index (χ3n) is 4.34. The van der Waals surface area contributed by atoms with E-state index in [4.69, 9.17) is 4.74 Å². The van der Waals surface area contributed by atoms with Gasteiger partial charge < -0.3 is 9.64 Å². The number of rotatable bonds is 4. The molecule has 3 rings (SSSR count). The van der Waals surface area contributed by atoms with E-state index in [2.05, 4.69) is 59.8 Å². The molecule has 0 N–H and O–H groups in total. The average Bonchev–Trinajstić information content (AvgIpc) is 3.06. The van der Waals surface area contributed by atoms with Crippen molar-refractivity contribution in [2.24, 2.45) is 0 Å². The molecular formula is C21H26N4O. The fourth-order valence-electron chi connectivity index (χ4n) is 2.86. The minimum absolute atomic E-state index is 0.0679. The van der Waals surface area contributed by atoms with Crippen LogP contribution in [0.25, 0.3) is 17.1 Å². The summed E-state index contributed by atoms with van der Waals surface area (Å²) in [5, 5.41) is 8.88. The fourth-order valence-corrected chi connectivity index (χ4v) is 2.86. The molecule has 3 aromatic rings. The second kappa shape index (κ2) is 6.83. The molecule has 0 fully saturated rings. The first-order valence-electron chi connectivity index (χ1n) is 8.69. The standard InChI is InChI=1S/C21H26N4O/c1-21(2,3)16-10-8-11-17(14-16)25-19(22-23-20(25)24(4)5)15-9-7-12-18(13-15)26-6/h7-14H,1-6H3. The Kier molecular flexibility index (Phi) is 4.72. The van der Waals surface area contributed by atoms with Gasteiger partial charge in [0.1, 0.15) is 5.75 Å². The van der Waals surface area contributed by atoms with Gasteiger partial charge in [-0.25, -0.2) is 0 Å². The molecule has 0 saturated carbocycles. The van der Waals surface area contributed by atoms with Gasteiger partial charge in [-0.15, -0.1) is 10.2 Å². The van der Waals surface area contributed by atoms with Gasteiger partial charge in [0.2, 0.25) is 5.95 Å². The first kappa shape index (κ1) is 18.0. The van der Waals surface area contributed by atoms with Crippen molar-refractivity contribution < 1.29 is 4.74 Å². The van der Waals surface area contributed by atoms with E-state index in [1.807, 2.05) is 43.3 Å². The van der Waals surface area contributed by atoms with Crippen LogP contribution in [0.2, 0.25) is 0 Å². The molecule has 0 saturated heterocycles. The fraction of sp³-hybridized carbons (Fsp3) is 0.333. The Hall–Kier alpha value is -2.82. The van der Waals surface area contributed by atoms with E-state index >= 15 is 0 Å². The minimum Gasteiger partial charge on any atom is -0.497 e. The second-order valence-corrected chi connectivity index (χ2v) is 7.59. The summed E-state index contributed by atoms with van der Waals surface area (Å²) in [4.78, 5) is 1.97. The number of aromatic nitrogens is 3. The molecule has 1 heterocycles. The molecule has 0 aliphatic rings. The van der Waals surface area contributed by atoms with Crippen LogP contribution in [0.4, 0.5) is 5.95 Å². The zero-order chi connectivity index (χ0) is 18.9. The number of nitrogens with zero attached hydrogens (tertiary/aromatic N) is 4. The summed E-state index contributed by atoms with van der Waals surface area (Å²) in [6.45, 7) is 6.65. The molecule has 1 aromatic heterocycles.